The van der Waals surface area contributed by atoms with Gasteiger partial charge in [0, 0.05) is 12.1 Å². The molecule has 1 heterocycles. The molecule has 0 aliphatic heterocycles. The predicted molar refractivity (Wildman–Crippen MR) is 59.6 cm³/mol. The summed E-state index contributed by atoms with van der Waals surface area (Å²) in [7, 11) is 0. The van der Waals surface area contributed by atoms with Crippen molar-refractivity contribution in [1.29, 1.82) is 0 Å². The van der Waals surface area contributed by atoms with Crippen LogP contribution in [-0.2, 0) is 6.54 Å². The molecule has 3 nitrogen and oxygen atoms in total. The van der Waals surface area contributed by atoms with Crippen molar-refractivity contribution in [3.63, 3.8) is 0 Å². The van der Waals surface area contributed by atoms with Gasteiger partial charge in [0.15, 0.2) is 0 Å². The SMILES string of the molecule is NCc1[nH]nc(-c2ccccc2F)c1Br. The van der Waals surface area contributed by atoms with E-state index in [9.17, 15) is 4.39 Å². The van der Waals surface area contributed by atoms with Crippen molar-refractivity contribution in [2.45, 2.75) is 6.54 Å². The number of aromatic amines is 1. The van der Waals surface area contributed by atoms with Crippen LogP contribution in [0, 0.1) is 5.82 Å². The second-order valence-electron chi connectivity index (χ2n) is 3.05. The fraction of sp³-hybridized carbons (Fsp3) is 0.100. The van der Waals surface area contributed by atoms with Crippen molar-refractivity contribution in [2.75, 3.05) is 0 Å². The first kappa shape index (κ1) is 10.3. The quantitative estimate of drug-likeness (QED) is 0.880. The zero-order chi connectivity index (χ0) is 10.8. The Morgan fingerprint density at radius 3 is 2.73 bits per heavy atom. The first-order chi connectivity index (χ1) is 7.24. The maximum atomic E-state index is 13.5. The lowest BCUT2D eigenvalue weighted by Crippen LogP contribution is -1.96. The zero-order valence-electron chi connectivity index (χ0n) is 7.80. The average molecular weight is 270 g/mol. The molecule has 5 heteroatoms. The van der Waals surface area contributed by atoms with Gasteiger partial charge in [-0.05, 0) is 28.1 Å². The van der Waals surface area contributed by atoms with Gasteiger partial charge in [-0.3, -0.25) is 5.10 Å². The smallest absolute Gasteiger partial charge is 0.132 e. The van der Waals surface area contributed by atoms with Crippen molar-refractivity contribution in [2.24, 2.45) is 5.73 Å². The summed E-state index contributed by atoms with van der Waals surface area (Å²) in [6, 6.07) is 6.49. The molecule has 0 spiro atoms. The summed E-state index contributed by atoms with van der Waals surface area (Å²) in [5, 5.41) is 6.79. The summed E-state index contributed by atoms with van der Waals surface area (Å²) in [6.07, 6.45) is 0. The van der Waals surface area contributed by atoms with Crippen LogP contribution in [0.3, 0.4) is 0 Å². The number of benzene rings is 1. The Hall–Kier alpha value is -1.20. The molecule has 2 rings (SSSR count). The molecule has 78 valence electrons. The molecule has 0 fully saturated rings. The normalized spacial score (nSPS) is 10.6. The number of rotatable bonds is 2. The van der Waals surface area contributed by atoms with E-state index in [2.05, 4.69) is 26.1 Å². The van der Waals surface area contributed by atoms with E-state index in [1.165, 1.54) is 6.07 Å². The van der Waals surface area contributed by atoms with Gasteiger partial charge in [-0.1, -0.05) is 12.1 Å². The van der Waals surface area contributed by atoms with Crippen molar-refractivity contribution in [3.05, 3.63) is 40.2 Å². The first-order valence-electron chi connectivity index (χ1n) is 4.41. The van der Waals surface area contributed by atoms with Gasteiger partial charge in [-0.25, -0.2) is 4.39 Å². The lowest BCUT2D eigenvalue weighted by atomic mass is 10.1. The second-order valence-corrected chi connectivity index (χ2v) is 3.84. The van der Waals surface area contributed by atoms with Gasteiger partial charge in [0.2, 0.25) is 0 Å². The second kappa shape index (κ2) is 4.12. The van der Waals surface area contributed by atoms with Crippen molar-refractivity contribution < 1.29 is 4.39 Å². The number of nitrogens with zero attached hydrogens (tertiary/aromatic N) is 1. The van der Waals surface area contributed by atoms with Crippen LogP contribution < -0.4 is 5.73 Å². The summed E-state index contributed by atoms with van der Waals surface area (Å²) in [6.45, 7) is 0.335. The molecule has 0 saturated carbocycles. The van der Waals surface area contributed by atoms with Gasteiger partial charge < -0.3 is 5.73 Å². The van der Waals surface area contributed by atoms with Crippen LogP contribution in [0.15, 0.2) is 28.7 Å². The van der Waals surface area contributed by atoms with Gasteiger partial charge in [-0.15, -0.1) is 0 Å². The number of H-pyrrole nitrogens is 1. The summed E-state index contributed by atoms with van der Waals surface area (Å²) < 4.78 is 14.2. The Labute approximate surface area is 94.6 Å². The molecular weight excluding hydrogens is 261 g/mol. The fourth-order valence-electron chi connectivity index (χ4n) is 1.33. The van der Waals surface area contributed by atoms with E-state index in [1.54, 1.807) is 18.2 Å². The van der Waals surface area contributed by atoms with E-state index in [0.717, 1.165) is 10.2 Å². The molecule has 0 atom stereocenters. The van der Waals surface area contributed by atoms with Crippen molar-refractivity contribution in [1.82, 2.24) is 10.2 Å². The van der Waals surface area contributed by atoms with E-state index in [0.29, 0.717) is 17.8 Å². The Kier molecular flexibility index (Phi) is 2.83. The van der Waals surface area contributed by atoms with Crippen molar-refractivity contribution in [3.8, 4) is 11.3 Å². The van der Waals surface area contributed by atoms with Gasteiger partial charge >= 0.3 is 0 Å². The van der Waals surface area contributed by atoms with E-state index in [-0.39, 0.29) is 5.82 Å². The molecule has 1 aromatic heterocycles. The van der Waals surface area contributed by atoms with Crippen LogP contribution in [0.1, 0.15) is 5.69 Å². The lowest BCUT2D eigenvalue weighted by Gasteiger charge is -1.99. The molecule has 2 aromatic rings. The monoisotopic (exact) mass is 269 g/mol. The Balaban J connectivity index is 2.55. The highest BCUT2D eigenvalue weighted by atomic mass is 79.9. The molecule has 0 radical (unpaired) electrons. The Bertz CT molecular complexity index is 481. The number of aromatic nitrogens is 2. The minimum absolute atomic E-state index is 0.298. The van der Waals surface area contributed by atoms with Crippen LogP contribution in [0.4, 0.5) is 4.39 Å². The number of nitrogens with two attached hydrogens (primary N) is 1. The Morgan fingerprint density at radius 1 is 1.40 bits per heavy atom. The molecule has 0 bridgehead atoms. The highest BCUT2D eigenvalue weighted by molar-refractivity contribution is 9.10. The molecule has 0 saturated heterocycles. The summed E-state index contributed by atoms with van der Waals surface area (Å²) >= 11 is 3.34. The summed E-state index contributed by atoms with van der Waals surface area (Å²) in [5.41, 5.74) is 7.25. The minimum Gasteiger partial charge on any atom is -0.325 e. The highest BCUT2D eigenvalue weighted by Gasteiger charge is 2.13. The van der Waals surface area contributed by atoms with E-state index in [1.807, 2.05) is 0 Å². The van der Waals surface area contributed by atoms with Crippen LogP contribution in [-0.4, -0.2) is 10.2 Å². The van der Waals surface area contributed by atoms with E-state index in [4.69, 9.17) is 5.73 Å². The number of nitrogens with one attached hydrogen (secondary N) is 1. The van der Waals surface area contributed by atoms with Gasteiger partial charge in [0.25, 0.3) is 0 Å². The third-order valence-corrected chi connectivity index (χ3v) is 2.96. The average Bonchev–Trinajstić information content (AvgIpc) is 2.60. The van der Waals surface area contributed by atoms with Crippen LogP contribution in [0.25, 0.3) is 11.3 Å². The standard InChI is InChI=1S/C10H9BrFN3/c11-9-8(5-13)14-15-10(9)6-3-1-2-4-7(6)12/h1-4H,5,13H2,(H,14,15). The van der Waals surface area contributed by atoms with Crippen LogP contribution in [0.5, 0.6) is 0 Å². The molecule has 0 aliphatic rings. The van der Waals surface area contributed by atoms with Crippen molar-refractivity contribution >= 4 is 15.9 Å². The maximum Gasteiger partial charge on any atom is 0.132 e. The van der Waals surface area contributed by atoms with Crippen LogP contribution >= 0.6 is 15.9 Å². The minimum atomic E-state index is -0.298. The zero-order valence-corrected chi connectivity index (χ0v) is 9.38. The highest BCUT2D eigenvalue weighted by Crippen LogP contribution is 2.30. The molecule has 1 aromatic carbocycles. The topological polar surface area (TPSA) is 54.7 Å². The number of halogens is 2. The van der Waals surface area contributed by atoms with Gasteiger partial charge in [-0.2, -0.15) is 5.10 Å². The largest absolute Gasteiger partial charge is 0.325 e. The number of hydrogen-bond donors (Lipinski definition) is 2. The third-order valence-electron chi connectivity index (χ3n) is 2.11. The van der Waals surface area contributed by atoms with E-state index < -0.39 is 0 Å². The molecule has 15 heavy (non-hydrogen) atoms. The Morgan fingerprint density at radius 2 is 2.13 bits per heavy atom. The third kappa shape index (κ3) is 1.80. The summed E-state index contributed by atoms with van der Waals surface area (Å²) in [5.74, 6) is -0.298. The molecule has 3 N–H and O–H groups in total. The summed E-state index contributed by atoms with van der Waals surface area (Å²) in [4.78, 5) is 0. The van der Waals surface area contributed by atoms with Crippen LogP contribution in [0.2, 0.25) is 0 Å². The fourth-order valence-corrected chi connectivity index (χ4v) is 1.88. The van der Waals surface area contributed by atoms with E-state index >= 15 is 0 Å². The first-order valence-corrected chi connectivity index (χ1v) is 5.21. The van der Waals surface area contributed by atoms with Gasteiger partial charge in [0.05, 0.1) is 10.2 Å². The van der Waals surface area contributed by atoms with Gasteiger partial charge in [0.1, 0.15) is 11.5 Å². The molecule has 0 amide bonds. The number of hydrogen-bond acceptors (Lipinski definition) is 2. The predicted octanol–water partition coefficient (Wildman–Crippen LogP) is 2.44. The molecule has 0 unspecified atom stereocenters. The maximum absolute atomic E-state index is 13.5. The lowest BCUT2D eigenvalue weighted by molar-refractivity contribution is 0.630. The molecule has 0 aliphatic carbocycles. The molecular formula is C10H9BrFN3.